The number of anilines is 1. The van der Waals surface area contributed by atoms with Crippen molar-refractivity contribution >= 4 is 22.9 Å². The molecule has 1 saturated carbocycles. The van der Waals surface area contributed by atoms with Gasteiger partial charge in [0.2, 0.25) is 0 Å². The van der Waals surface area contributed by atoms with Gasteiger partial charge in [-0.3, -0.25) is 0 Å². The third-order valence-corrected chi connectivity index (χ3v) is 4.06. The Bertz CT molecular complexity index is 411. The fourth-order valence-electron chi connectivity index (χ4n) is 2.76. The quantitative estimate of drug-likeness (QED) is 0.844. The molecule has 2 nitrogen and oxygen atoms in total. The van der Waals surface area contributed by atoms with E-state index in [4.69, 9.17) is 18.0 Å². The van der Waals surface area contributed by atoms with Crippen LogP contribution in [0.25, 0.3) is 0 Å². The van der Waals surface area contributed by atoms with E-state index in [0.717, 1.165) is 18.0 Å². The molecule has 3 heteroatoms. The summed E-state index contributed by atoms with van der Waals surface area (Å²) in [5.74, 6) is 0.845. The van der Waals surface area contributed by atoms with E-state index in [0.29, 0.717) is 4.99 Å². The second-order valence-electron chi connectivity index (χ2n) is 5.30. The topological polar surface area (TPSA) is 29.3 Å². The third kappa shape index (κ3) is 3.45. The summed E-state index contributed by atoms with van der Waals surface area (Å²) in [5.41, 5.74) is 7.85. The summed E-state index contributed by atoms with van der Waals surface area (Å²) >= 11 is 5.03. The van der Waals surface area contributed by atoms with Gasteiger partial charge in [0.05, 0.1) is 0 Å². The highest BCUT2D eigenvalue weighted by Gasteiger charge is 2.15. The molecule has 0 saturated heterocycles. The van der Waals surface area contributed by atoms with E-state index >= 15 is 0 Å². The van der Waals surface area contributed by atoms with E-state index < -0.39 is 0 Å². The molecule has 0 unspecified atom stereocenters. The largest absolute Gasteiger partial charge is 0.389 e. The van der Waals surface area contributed by atoms with Crippen molar-refractivity contribution in [2.75, 3.05) is 18.5 Å². The van der Waals surface area contributed by atoms with Gasteiger partial charge in [-0.2, -0.15) is 0 Å². The molecule has 98 valence electrons. The molecule has 0 atom stereocenters. The standard InChI is InChI=1S/C15H22N2S/c1-17(11-12-6-3-2-4-7-12)14-9-5-8-13(10-14)15(16)18/h5,8-10,12H,2-4,6-7,11H2,1H3,(H2,16,18). The summed E-state index contributed by atoms with van der Waals surface area (Å²) in [6, 6.07) is 8.22. The molecule has 1 aromatic carbocycles. The maximum absolute atomic E-state index is 5.68. The molecule has 1 aromatic rings. The second kappa shape index (κ2) is 6.19. The highest BCUT2D eigenvalue weighted by molar-refractivity contribution is 7.80. The van der Waals surface area contributed by atoms with Crippen LogP contribution < -0.4 is 10.6 Å². The van der Waals surface area contributed by atoms with E-state index in [2.05, 4.69) is 24.1 Å². The summed E-state index contributed by atoms with van der Waals surface area (Å²) in [5, 5.41) is 0. The Morgan fingerprint density at radius 3 is 2.72 bits per heavy atom. The molecular formula is C15H22N2S. The molecule has 2 rings (SSSR count). The first-order valence-corrected chi connectivity index (χ1v) is 7.18. The lowest BCUT2D eigenvalue weighted by Crippen LogP contribution is -2.27. The van der Waals surface area contributed by atoms with Crippen molar-refractivity contribution in [2.45, 2.75) is 32.1 Å². The van der Waals surface area contributed by atoms with Gasteiger partial charge >= 0.3 is 0 Å². The van der Waals surface area contributed by atoms with Crippen LogP contribution in [0.2, 0.25) is 0 Å². The normalized spacial score (nSPS) is 16.5. The lowest BCUT2D eigenvalue weighted by Gasteiger charge is -2.28. The first kappa shape index (κ1) is 13.3. The van der Waals surface area contributed by atoms with Crippen LogP contribution in [-0.4, -0.2) is 18.6 Å². The van der Waals surface area contributed by atoms with Gasteiger partial charge in [-0.15, -0.1) is 0 Å². The molecular weight excluding hydrogens is 240 g/mol. The lowest BCUT2D eigenvalue weighted by molar-refractivity contribution is 0.362. The van der Waals surface area contributed by atoms with Gasteiger partial charge in [0, 0.05) is 24.8 Å². The van der Waals surface area contributed by atoms with Gasteiger partial charge in [-0.1, -0.05) is 43.6 Å². The van der Waals surface area contributed by atoms with Crippen molar-refractivity contribution in [3.8, 4) is 0 Å². The predicted molar refractivity (Wildman–Crippen MR) is 82.2 cm³/mol. The third-order valence-electron chi connectivity index (χ3n) is 3.83. The summed E-state index contributed by atoms with van der Waals surface area (Å²) in [6.45, 7) is 1.14. The number of nitrogens with two attached hydrogens (primary N) is 1. The minimum atomic E-state index is 0.475. The van der Waals surface area contributed by atoms with Crippen molar-refractivity contribution in [1.82, 2.24) is 0 Å². The number of rotatable bonds is 4. The summed E-state index contributed by atoms with van der Waals surface area (Å²) < 4.78 is 0. The van der Waals surface area contributed by atoms with E-state index in [9.17, 15) is 0 Å². The molecule has 0 spiro atoms. The summed E-state index contributed by atoms with van der Waals surface area (Å²) in [7, 11) is 2.16. The highest BCUT2D eigenvalue weighted by Crippen LogP contribution is 2.26. The molecule has 0 heterocycles. The van der Waals surface area contributed by atoms with Gasteiger partial charge in [0.25, 0.3) is 0 Å². The van der Waals surface area contributed by atoms with Gasteiger partial charge in [-0.25, -0.2) is 0 Å². The van der Waals surface area contributed by atoms with Crippen LogP contribution in [0.3, 0.4) is 0 Å². The van der Waals surface area contributed by atoms with Crippen molar-refractivity contribution < 1.29 is 0 Å². The Morgan fingerprint density at radius 1 is 1.33 bits per heavy atom. The van der Waals surface area contributed by atoms with Crippen molar-refractivity contribution in [3.63, 3.8) is 0 Å². The maximum atomic E-state index is 5.68. The Morgan fingerprint density at radius 2 is 2.06 bits per heavy atom. The van der Waals surface area contributed by atoms with Crippen molar-refractivity contribution in [2.24, 2.45) is 11.7 Å². The molecule has 0 radical (unpaired) electrons. The van der Waals surface area contributed by atoms with Crippen LogP contribution in [0, 0.1) is 5.92 Å². The first-order valence-electron chi connectivity index (χ1n) is 6.78. The molecule has 1 aliphatic carbocycles. The van der Waals surface area contributed by atoms with Gasteiger partial charge in [0.1, 0.15) is 4.99 Å². The fourth-order valence-corrected chi connectivity index (χ4v) is 2.89. The van der Waals surface area contributed by atoms with Crippen LogP contribution in [0.15, 0.2) is 24.3 Å². The summed E-state index contributed by atoms with van der Waals surface area (Å²) in [4.78, 5) is 2.81. The Hall–Kier alpha value is -1.09. The van der Waals surface area contributed by atoms with Gasteiger partial charge in [-0.05, 0) is 30.9 Å². The van der Waals surface area contributed by atoms with Crippen LogP contribution in [0.1, 0.15) is 37.7 Å². The average molecular weight is 262 g/mol. The fraction of sp³-hybridized carbons (Fsp3) is 0.533. The number of benzene rings is 1. The number of nitrogens with zero attached hydrogens (tertiary/aromatic N) is 1. The smallest absolute Gasteiger partial charge is 0.104 e. The van der Waals surface area contributed by atoms with Crippen molar-refractivity contribution in [3.05, 3.63) is 29.8 Å². The second-order valence-corrected chi connectivity index (χ2v) is 5.74. The molecule has 0 amide bonds. The van der Waals surface area contributed by atoms with Crippen LogP contribution in [-0.2, 0) is 0 Å². The zero-order valence-electron chi connectivity index (χ0n) is 11.1. The van der Waals surface area contributed by atoms with Gasteiger partial charge < -0.3 is 10.6 Å². The van der Waals surface area contributed by atoms with E-state index in [1.54, 1.807) is 0 Å². The minimum absolute atomic E-state index is 0.475. The van der Waals surface area contributed by atoms with Crippen LogP contribution in [0.4, 0.5) is 5.69 Å². The molecule has 0 aliphatic heterocycles. The predicted octanol–water partition coefficient (Wildman–Crippen LogP) is 3.34. The van der Waals surface area contributed by atoms with E-state index in [-0.39, 0.29) is 0 Å². The van der Waals surface area contributed by atoms with E-state index in [1.165, 1.54) is 37.8 Å². The number of hydrogen-bond donors (Lipinski definition) is 1. The molecule has 18 heavy (non-hydrogen) atoms. The Kier molecular flexibility index (Phi) is 4.59. The maximum Gasteiger partial charge on any atom is 0.104 e. The molecule has 2 N–H and O–H groups in total. The molecule has 1 aliphatic rings. The van der Waals surface area contributed by atoms with Crippen LogP contribution in [0.5, 0.6) is 0 Å². The van der Waals surface area contributed by atoms with E-state index in [1.807, 2.05) is 12.1 Å². The lowest BCUT2D eigenvalue weighted by atomic mass is 9.89. The SMILES string of the molecule is CN(CC1CCCCC1)c1cccc(C(N)=S)c1. The molecule has 0 aromatic heterocycles. The zero-order valence-corrected chi connectivity index (χ0v) is 11.9. The zero-order chi connectivity index (χ0) is 13.0. The van der Waals surface area contributed by atoms with Crippen molar-refractivity contribution in [1.29, 1.82) is 0 Å². The van der Waals surface area contributed by atoms with Crippen LogP contribution >= 0.6 is 12.2 Å². The minimum Gasteiger partial charge on any atom is -0.389 e. The Balaban J connectivity index is 2.01. The molecule has 1 fully saturated rings. The summed E-state index contributed by atoms with van der Waals surface area (Å²) in [6.07, 6.45) is 6.95. The highest BCUT2D eigenvalue weighted by atomic mass is 32.1. The first-order chi connectivity index (χ1) is 8.66. The monoisotopic (exact) mass is 262 g/mol. The molecule has 0 bridgehead atoms. The van der Waals surface area contributed by atoms with Gasteiger partial charge in [0.15, 0.2) is 0 Å². The Labute approximate surface area is 115 Å². The number of thiocarbonyl (C=S) groups is 1. The average Bonchev–Trinajstić information content (AvgIpc) is 2.40. The number of hydrogen-bond acceptors (Lipinski definition) is 2.